The smallest absolute Gasteiger partial charge is 0.240 e. The largest absolute Gasteiger partial charge is 0.494 e. The molecule has 0 bridgehead atoms. The Hall–Kier alpha value is -1.76. The highest BCUT2D eigenvalue weighted by Gasteiger charge is 2.23. The van der Waals surface area contributed by atoms with Crippen molar-refractivity contribution in [1.82, 2.24) is 5.32 Å². The standard InChI is InChI=1S/C18H28N2O4S/c1-3-24-17-12-8-11-16(13-17)20(25(2,22)23)14-18(21)19-15-9-6-4-5-7-10-15/h8,11-13,15H,3-7,9-10,14H2,1-2H3,(H,19,21). The molecule has 1 N–H and O–H groups in total. The summed E-state index contributed by atoms with van der Waals surface area (Å²) in [5.74, 6) is 0.317. The summed E-state index contributed by atoms with van der Waals surface area (Å²) in [6.07, 6.45) is 7.65. The number of sulfonamides is 1. The summed E-state index contributed by atoms with van der Waals surface area (Å²) < 4.78 is 30.9. The molecule has 0 unspecified atom stereocenters. The van der Waals surface area contributed by atoms with Gasteiger partial charge >= 0.3 is 0 Å². The molecule has 0 aliphatic heterocycles. The van der Waals surface area contributed by atoms with Crippen molar-refractivity contribution in [2.24, 2.45) is 0 Å². The van der Waals surface area contributed by atoms with E-state index in [1.165, 1.54) is 12.8 Å². The molecule has 1 fully saturated rings. The van der Waals surface area contributed by atoms with Crippen molar-refractivity contribution in [3.8, 4) is 5.75 Å². The molecule has 1 aliphatic carbocycles. The minimum absolute atomic E-state index is 0.145. The number of carbonyl (C=O) groups is 1. The number of ether oxygens (including phenoxy) is 1. The Bertz CT molecular complexity index is 667. The van der Waals surface area contributed by atoms with E-state index in [9.17, 15) is 13.2 Å². The zero-order valence-electron chi connectivity index (χ0n) is 15.0. The molecule has 25 heavy (non-hydrogen) atoms. The highest BCUT2D eigenvalue weighted by Crippen LogP contribution is 2.23. The average Bonchev–Trinajstić information content (AvgIpc) is 2.81. The molecule has 0 atom stereocenters. The van der Waals surface area contributed by atoms with Gasteiger partial charge in [-0.05, 0) is 31.9 Å². The van der Waals surface area contributed by atoms with Crippen LogP contribution in [0.25, 0.3) is 0 Å². The Balaban J connectivity index is 2.10. The van der Waals surface area contributed by atoms with Crippen LogP contribution in [0.15, 0.2) is 24.3 Å². The maximum atomic E-state index is 12.4. The van der Waals surface area contributed by atoms with Gasteiger partial charge in [-0.15, -0.1) is 0 Å². The van der Waals surface area contributed by atoms with Crippen molar-refractivity contribution in [1.29, 1.82) is 0 Å². The van der Waals surface area contributed by atoms with E-state index in [1.54, 1.807) is 24.3 Å². The van der Waals surface area contributed by atoms with E-state index in [2.05, 4.69) is 5.32 Å². The van der Waals surface area contributed by atoms with Gasteiger partial charge in [0.25, 0.3) is 0 Å². The molecular weight excluding hydrogens is 340 g/mol. The van der Waals surface area contributed by atoms with Gasteiger partial charge in [0.05, 0.1) is 18.6 Å². The van der Waals surface area contributed by atoms with E-state index in [-0.39, 0.29) is 18.5 Å². The molecule has 0 spiro atoms. The number of anilines is 1. The number of carbonyl (C=O) groups excluding carboxylic acids is 1. The molecular formula is C18H28N2O4S. The van der Waals surface area contributed by atoms with Gasteiger partial charge in [0.2, 0.25) is 15.9 Å². The molecule has 140 valence electrons. The van der Waals surface area contributed by atoms with Crippen molar-refractivity contribution < 1.29 is 17.9 Å². The summed E-state index contributed by atoms with van der Waals surface area (Å²) in [6, 6.07) is 6.94. The van der Waals surface area contributed by atoms with E-state index in [4.69, 9.17) is 4.74 Å². The van der Waals surface area contributed by atoms with Crippen LogP contribution < -0.4 is 14.4 Å². The Labute approximate surface area is 150 Å². The van der Waals surface area contributed by atoms with Gasteiger partial charge in [-0.3, -0.25) is 9.10 Å². The average molecular weight is 368 g/mol. The number of hydrogen-bond acceptors (Lipinski definition) is 4. The number of nitrogens with zero attached hydrogens (tertiary/aromatic N) is 1. The third-order valence-electron chi connectivity index (χ3n) is 4.32. The van der Waals surface area contributed by atoms with Crippen LogP contribution in [-0.4, -0.2) is 39.8 Å². The molecule has 2 rings (SSSR count). The second-order valence-corrected chi connectivity index (χ2v) is 8.36. The first-order valence-corrected chi connectivity index (χ1v) is 10.7. The zero-order valence-corrected chi connectivity index (χ0v) is 15.8. The Morgan fingerprint density at radius 2 is 1.92 bits per heavy atom. The van der Waals surface area contributed by atoms with Gasteiger partial charge in [0.1, 0.15) is 12.3 Å². The number of amides is 1. The van der Waals surface area contributed by atoms with Crippen LogP contribution in [0.3, 0.4) is 0 Å². The molecule has 0 aromatic heterocycles. The number of hydrogen-bond donors (Lipinski definition) is 1. The maximum absolute atomic E-state index is 12.4. The van der Waals surface area contributed by atoms with Crippen molar-refractivity contribution in [3.05, 3.63) is 24.3 Å². The Kier molecular flexibility index (Phi) is 7.11. The fourth-order valence-electron chi connectivity index (χ4n) is 3.12. The van der Waals surface area contributed by atoms with Gasteiger partial charge < -0.3 is 10.1 Å². The number of benzene rings is 1. The first kappa shape index (κ1) is 19.6. The summed E-state index contributed by atoms with van der Waals surface area (Å²) in [7, 11) is -3.58. The van der Waals surface area contributed by atoms with Gasteiger partial charge in [0, 0.05) is 12.1 Å². The fraction of sp³-hybridized carbons (Fsp3) is 0.611. The molecule has 1 saturated carbocycles. The molecule has 1 amide bonds. The Morgan fingerprint density at radius 3 is 2.52 bits per heavy atom. The molecule has 7 heteroatoms. The van der Waals surface area contributed by atoms with E-state index in [0.29, 0.717) is 18.0 Å². The lowest BCUT2D eigenvalue weighted by Gasteiger charge is -2.24. The summed E-state index contributed by atoms with van der Waals surface area (Å²) in [5, 5.41) is 2.99. The minimum Gasteiger partial charge on any atom is -0.494 e. The molecule has 0 radical (unpaired) electrons. The first-order valence-electron chi connectivity index (χ1n) is 8.90. The van der Waals surface area contributed by atoms with Gasteiger partial charge in [-0.25, -0.2) is 8.42 Å². The SMILES string of the molecule is CCOc1cccc(N(CC(=O)NC2CCCCCC2)S(C)(=O)=O)c1. The summed E-state index contributed by atoms with van der Waals surface area (Å²) >= 11 is 0. The predicted octanol–water partition coefficient (Wildman–Crippen LogP) is 2.69. The third kappa shape index (κ3) is 6.23. The second-order valence-electron chi connectivity index (χ2n) is 6.46. The molecule has 1 aromatic rings. The van der Waals surface area contributed by atoms with Crippen LogP contribution in [0.1, 0.15) is 45.4 Å². The van der Waals surface area contributed by atoms with Gasteiger partial charge in [0.15, 0.2) is 0 Å². The van der Waals surface area contributed by atoms with E-state index < -0.39 is 10.0 Å². The topological polar surface area (TPSA) is 75.7 Å². The molecule has 0 saturated heterocycles. The first-order chi connectivity index (χ1) is 11.9. The fourth-order valence-corrected chi connectivity index (χ4v) is 3.97. The summed E-state index contributed by atoms with van der Waals surface area (Å²) in [6.45, 7) is 2.14. The van der Waals surface area contributed by atoms with Crippen molar-refractivity contribution in [2.75, 3.05) is 23.7 Å². The lowest BCUT2D eigenvalue weighted by molar-refractivity contribution is -0.120. The molecule has 1 aliphatic rings. The van der Waals surface area contributed by atoms with E-state index >= 15 is 0 Å². The van der Waals surface area contributed by atoms with Crippen LogP contribution in [0.2, 0.25) is 0 Å². The zero-order chi connectivity index (χ0) is 18.3. The second kappa shape index (κ2) is 9.08. The Morgan fingerprint density at radius 1 is 1.24 bits per heavy atom. The summed E-state index contributed by atoms with van der Waals surface area (Å²) in [4.78, 5) is 12.4. The van der Waals surface area contributed by atoms with Crippen molar-refractivity contribution >= 4 is 21.6 Å². The molecule has 6 nitrogen and oxygen atoms in total. The quantitative estimate of drug-likeness (QED) is 0.751. The van der Waals surface area contributed by atoms with Gasteiger partial charge in [-0.1, -0.05) is 31.7 Å². The molecule has 0 heterocycles. The highest BCUT2D eigenvalue weighted by atomic mass is 32.2. The lowest BCUT2D eigenvalue weighted by atomic mass is 10.1. The van der Waals surface area contributed by atoms with Crippen LogP contribution in [0.4, 0.5) is 5.69 Å². The molecule has 1 aromatic carbocycles. The van der Waals surface area contributed by atoms with E-state index in [1.807, 2.05) is 6.92 Å². The maximum Gasteiger partial charge on any atom is 0.240 e. The minimum atomic E-state index is -3.58. The summed E-state index contributed by atoms with van der Waals surface area (Å²) in [5.41, 5.74) is 0.435. The van der Waals surface area contributed by atoms with Crippen LogP contribution >= 0.6 is 0 Å². The predicted molar refractivity (Wildman–Crippen MR) is 99.4 cm³/mol. The number of nitrogens with one attached hydrogen (secondary N) is 1. The number of rotatable bonds is 7. The highest BCUT2D eigenvalue weighted by molar-refractivity contribution is 7.92. The van der Waals surface area contributed by atoms with Crippen LogP contribution in [0.5, 0.6) is 5.75 Å². The lowest BCUT2D eigenvalue weighted by Crippen LogP contribution is -2.44. The van der Waals surface area contributed by atoms with Crippen LogP contribution in [-0.2, 0) is 14.8 Å². The van der Waals surface area contributed by atoms with Crippen molar-refractivity contribution in [2.45, 2.75) is 51.5 Å². The normalized spacial score (nSPS) is 16.1. The van der Waals surface area contributed by atoms with Crippen LogP contribution in [0, 0.1) is 0 Å². The van der Waals surface area contributed by atoms with E-state index in [0.717, 1.165) is 36.2 Å². The monoisotopic (exact) mass is 368 g/mol. The van der Waals surface area contributed by atoms with Gasteiger partial charge in [-0.2, -0.15) is 0 Å². The van der Waals surface area contributed by atoms with Crippen molar-refractivity contribution in [3.63, 3.8) is 0 Å². The third-order valence-corrected chi connectivity index (χ3v) is 5.47.